The number of piperazine rings is 1. The number of fused-ring (bicyclic) bond motifs is 1. The first-order valence-electron chi connectivity index (χ1n) is 10.7. The second-order valence-electron chi connectivity index (χ2n) is 8.11. The van der Waals surface area contributed by atoms with Crippen molar-refractivity contribution in [1.29, 1.82) is 0 Å². The minimum atomic E-state index is -4.50. The lowest BCUT2D eigenvalue weighted by Gasteiger charge is -2.32. The van der Waals surface area contributed by atoms with Crippen LogP contribution >= 0.6 is 11.6 Å². The molecule has 35 heavy (non-hydrogen) atoms. The van der Waals surface area contributed by atoms with Gasteiger partial charge in [-0.1, -0.05) is 11.6 Å². The summed E-state index contributed by atoms with van der Waals surface area (Å²) in [7, 11) is -1.80. The molecule has 0 spiro atoms. The number of anilines is 3. The summed E-state index contributed by atoms with van der Waals surface area (Å²) in [5, 5.41) is 3.87. The number of benzene rings is 1. The molecule has 1 aliphatic rings. The fourth-order valence-corrected chi connectivity index (χ4v) is 4.66. The molecule has 2 N–H and O–H groups in total. The van der Waals surface area contributed by atoms with E-state index in [-0.39, 0.29) is 23.1 Å². The third-order valence-electron chi connectivity index (χ3n) is 5.47. The maximum absolute atomic E-state index is 12.7. The molecule has 0 atom stereocenters. The van der Waals surface area contributed by atoms with Gasteiger partial charge >= 0.3 is 6.18 Å². The number of nitrogens with one attached hydrogen (secondary N) is 2. The predicted octanol–water partition coefficient (Wildman–Crippen LogP) is 3.30. The van der Waals surface area contributed by atoms with Crippen molar-refractivity contribution in [2.24, 2.45) is 0 Å². The van der Waals surface area contributed by atoms with Crippen molar-refractivity contribution in [1.82, 2.24) is 19.9 Å². The number of aromatic nitrogens is 3. The molecule has 0 unspecified atom stereocenters. The number of rotatable bonds is 7. The van der Waals surface area contributed by atoms with E-state index in [0.717, 1.165) is 50.4 Å². The van der Waals surface area contributed by atoms with Gasteiger partial charge in [0.05, 0.1) is 23.0 Å². The van der Waals surface area contributed by atoms with Crippen LogP contribution in [0, 0.1) is 0 Å². The Labute approximate surface area is 205 Å². The highest BCUT2D eigenvalue weighted by Crippen LogP contribution is 2.30. The maximum Gasteiger partial charge on any atom is 0.416 e. The highest BCUT2D eigenvalue weighted by atomic mass is 35.5. The molecule has 0 aliphatic carbocycles. The van der Waals surface area contributed by atoms with Crippen molar-refractivity contribution >= 4 is 50.0 Å². The van der Waals surface area contributed by atoms with Crippen molar-refractivity contribution in [3.05, 3.63) is 47.2 Å². The Morgan fingerprint density at radius 3 is 2.43 bits per heavy atom. The minimum Gasteiger partial charge on any atom is -0.368 e. The molecule has 9 nitrogen and oxygen atoms in total. The average molecular weight is 530 g/mol. The largest absolute Gasteiger partial charge is 0.416 e. The summed E-state index contributed by atoms with van der Waals surface area (Å²) >= 11 is 6.04. The standard InChI is InChI=1S/C21H23ClF3N7O2S/c1-31-7-9-32(10-8-31)20-28-17-13-27-18(22)12-16(17)19(29-20)26-6-11-35(33,34)30-15-4-2-14(3-5-15)21(23,24)25/h2-5,12-13,30H,6-11H2,1H3,(H,26,28,29). The van der Waals surface area contributed by atoms with E-state index in [2.05, 4.69) is 29.9 Å². The predicted molar refractivity (Wildman–Crippen MR) is 129 cm³/mol. The minimum absolute atomic E-state index is 0.00972. The third-order valence-corrected chi connectivity index (χ3v) is 6.97. The van der Waals surface area contributed by atoms with Crippen molar-refractivity contribution in [2.75, 3.05) is 60.5 Å². The molecule has 2 aromatic heterocycles. The molecule has 14 heteroatoms. The van der Waals surface area contributed by atoms with E-state index in [1.807, 2.05) is 11.9 Å². The van der Waals surface area contributed by atoms with E-state index < -0.39 is 21.8 Å². The molecule has 1 aliphatic heterocycles. The van der Waals surface area contributed by atoms with Crippen LogP contribution in [0.4, 0.5) is 30.6 Å². The molecule has 1 saturated heterocycles. The van der Waals surface area contributed by atoms with Gasteiger partial charge in [0.2, 0.25) is 16.0 Å². The Kier molecular flexibility index (Phi) is 7.20. The highest BCUT2D eigenvalue weighted by molar-refractivity contribution is 7.92. The Bertz CT molecular complexity index is 1300. The monoisotopic (exact) mass is 529 g/mol. The first-order chi connectivity index (χ1) is 16.5. The van der Waals surface area contributed by atoms with Gasteiger partial charge in [-0.3, -0.25) is 4.72 Å². The Hall–Kier alpha value is -2.90. The van der Waals surface area contributed by atoms with E-state index in [4.69, 9.17) is 11.6 Å². The number of nitrogens with zero attached hydrogens (tertiary/aromatic N) is 5. The van der Waals surface area contributed by atoms with Crippen LogP contribution in [0.1, 0.15) is 5.56 Å². The summed E-state index contributed by atoms with van der Waals surface area (Å²) in [5.41, 5.74) is -0.255. The molecule has 188 valence electrons. The molecular formula is C21H23ClF3N7O2S. The lowest BCUT2D eigenvalue weighted by molar-refractivity contribution is -0.137. The van der Waals surface area contributed by atoms with E-state index in [1.165, 1.54) is 6.20 Å². The number of sulfonamides is 1. The fourth-order valence-electron chi connectivity index (χ4n) is 3.54. The first-order valence-corrected chi connectivity index (χ1v) is 12.7. The number of hydrogen-bond acceptors (Lipinski definition) is 8. The highest BCUT2D eigenvalue weighted by Gasteiger charge is 2.30. The average Bonchev–Trinajstić information content (AvgIpc) is 2.79. The van der Waals surface area contributed by atoms with Crippen molar-refractivity contribution in [3.63, 3.8) is 0 Å². The Morgan fingerprint density at radius 1 is 1.09 bits per heavy atom. The molecule has 0 bridgehead atoms. The molecule has 3 aromatic rings. The molecule has 0 radical (unpaired) electrons. The van der Waals surface area contributed by atoms with Gasteiger partial charge in [0.25, 0.3) is 0 Å². The number of hydrogen-bond donors (Lipinski definition) is 2. The fraction of sp³-hybridized carbons (Fsp3) is 0.381. The molecule has 0 amide bonds. The summed E-state index contributed by atoms with van der Waals surface area (Å²) < 4.78 is 65.4. The smallest absolute Gasteiger partial charge is 0.368 e. The first kappa shape index (κ1) is 25.2. The van der Waals surface area contributed by atoms with E-state index in [9.17, 15) is 21.6 Å². The van der Waals surface area contributed by atoms with Crippen molar-refractivity contribution < 1.29 is 21.6 Å². The van der Waals surface area contributed by atoms with Crippen molar-refractivity contribution in [3.8, 4) is 0 Å². The number of pyridine rings is 1. The van der Waals surface area contributed by atoms with Crippen LogP contribution < -0.4 is 14.9 Å². The topological polar surface area (TPSA) is 103 Å². The van der Waals surface area contributed by atoms with Crippen molar-refractivity contribution in [2.45, 2.75) is 6.18 Å². The SMILES string of the molecule is CN1CCN(c2nc(NCCS(=O)(=O)Nc3ccc(C(F)(F)F)cc3)c3cc(Cl)ncc3n2)CC1. The Morgan fingerprint density at radius 2 is 1.77 bits per heavy atom. The van der Waals surface area contributed by atoms with Gasteiger partial charge in [-0.15, -0.1) is 0 Å². The zero-order valence-corrected chi connectivity index (χ0v) is 20.3. The van der Waals surface area contributed by atoms with E-state index in [1.54, 1.807) is 6.07 Å². The van der Waals surface area contributed by atoms with E-state index >= 15 is 0 Å². The van der Waals surface area contributed by atoms with Crippen LogP contribution in [0.15, 0.2) is 36.5 Å². The van der Waals surface area contributed by atoms with Crippen LogP contribution in [0.5, 0.6) is 0 Å². The van der Waals surface area contributed by atoms with Crippen LogP contribution in [0.25, 0.3) is 10.9 Å². The maximum atomic E-state index is 12.7. The van der Waals surface area contributed by atoms with Gasteiger partial charge in [0.1, 0.15) is 11.0 Å². The summed E-state index contributed by atoms with van der Waals surface area (Å²) in [6.07, 6.45) is -2.96. The molecule has 4 rings (SSSR count). The molecule has 3 heterocycles. The normalized spacial score (nSPS) is 15.4. The van der Waals surface area contributed by atoms with Crippen LogP contribution in [0.3, 0.4) is 0 Å². The summed E-state index contributed by atoms with van der Waals surface area (Å²) in [5.74, 6) is 0.572. The third kappa shape index (κ3) is 6.41. The molecule has 0 saturated carbocycles. The molecule has 1 aromatic carbocycles. The number of alkyl halides is 3. The van der Waals surface area contributed by atoms with Gasteiger partial charge in [-0.25, -0.2) is 18.4 Å². The van der Waals surface area contributed by atoms with Crippen LogP contribution in [-0.4, -0.2) is 73.8 Å². The second-order valence-corrected chi connectivity index (χ2v) is 10.3. The summed E-state index contributed by atoms with van der Waals surface area (Å²) in [6, 6.07) is 5.38. The number of likely N-dealkylation sites (N-methyl/N-ethyl adjacent to an activating group) is 1. The van der Waals surface area contributed by atoms with Gasteiger partial charge in [0, 0.05) is 43.8 Å². The summed E-state index contributed by atoms with van der Waals surface area (Å²) in [4.78, 5) is 17.5. The summed E-state index contributed by atoms with van der Waals surface area (Å²) in [6.45, 7) is 3.19. The van der Waals surface area contributed by atoms with Crippen LogP contribution in [0.2, 0.25) is 5.15 Å². The zero-order chi connectivity index (χ0) is 25.2. The molecular weight excluding hydrogens is 507 g/mol. The Balaban J connectivity index is 1.47. The molecule has 1 fully saturated rings. The quantitative estimate of drug-likeness (QED) is 0.449. The lowest BCUT2D eigenvalue weighted by atomic mass is 10.2. The van der Waals surface area contributed by atoms with Gasteiger partial charge in [-0.05, 0) is 37.4 Å². The number of halogens is 4. The lowest BCUT2D eigenvalue weighted by Crippen LogP contribution is -2.45. The zero-order valence-electron chi connectivity index (χ0n) is 18.7. The van der Waals surface area contributed by atoms with Gasteiger partial charge < -0.3 is 15.1 Å². The second kappa shape index (κ2) is 9.99. The van der Waals surface area contributed by atoms with Gasteiger partial charge in [-0.2, -0.15) is 18.2 Å². The van der Waals surface area contributed by atoms with Crippen LogP contribution in [-0.2, 0) is 16.2 Å². The van der Waals surface area contributed by atoms with E-state index in [0.29, 0.717) is 22.7 Å². The van der Waals surface area contributed by atoms with Gasteiger partial charge in [0.15, 0.2) is 0 Å².